The average Bonchev–Trinajstić information content (AvgIpc) is 3.10. The number of fused-ring (bicyclic) bond motifs is 3. The zero-order valence-electron chi connectivity index (χ0n) is 18.8. The molecule has 1 aliphatic rings. The number of aliphatic carboxylic acids is 1. The quantitative estimate of drug-likeness (QED) is 0.446. The lowest BCUT2D eigenvalue weighted by molar-refractivity contribution is -0.131. The van der Waals surface area contributed by atoms with Crippen molar-refractivity contribution in [2.45, 2.75) is 51.4 Å². The van der Waals surface area contributed by atoms with Crippen molar-refractivity contribution in [3.63, 3.8) is 0 Å². The maximum atomic E-state index is 15.5. The smallest absolute Gasteiger partial charge is 0.328 e. The van der Waals surface area contributed by atoms with Crippen LogP contribution < -0.4 is 0 Å². The molecule has 0 saturated heterocycles. The molecule has 2 N–H and O–H groups in total. The molecule has 0 saturated carbocycles. The monoisotopic (exact) mass is 456 g/mol. The highest BCUT2D eigenvalue weighted by Gasteiger charge is 2.41. The van der Waals surface area contributed by atoms with Crippen LogP contribution in [0.4, 0.5) is 13.2 Å². The number of aromatic amines is 1. The number of carboxylic acids is 1. The number of carbonyl (C=O) groups is 1. The Hall–Kier alpha value is -3.06. The van der Waals surface area contributed by atoms with E-state index in [4.69, 9.17) is 5.11 Å². The van der Waals surface area contributed by atoms with Crippen LogP contribution in [0.1, 0.15) is 55.6 Å². The molecular formula is C26H27F3N2O2. The average molecular weight is 457 g/mol. The molecule has 33 heavy (non-hydrogen) atoms. The number of nitrogens with zero attached hydrogens (tertiary/aromatic N) is 1. The minimum Gasteiger partial charge on any atom is -0.478 e. The Kier molecular flexibility index (Phi) is 6.10. The molecule has 3 aromatic rings. The molecule has 0 amide bonds. The second kappa shape index (κ2) is 8.71. The largest absolute Gasteiger partial charge is 0.478 e. The molecule has 2 heterocycles. The van der Waals surface area contributed by atoms with Gasteiger partial charge in [-0.3, -0.25) is 4.90 Å². The summed E-state index contributed by atoms with van der Waals surface area (Å²) in [4.78, 5) is 16.0. The maximum Gasteiger partial charge on any atom is 0.328 e. The van der Waals surface area contributed by atoms with Gasteiger partial charge in [0.2, 0.25) is 0 Å². The van der Waals surface area contributed by atoms with Gasteiger partial charge in [0.25, 0.3) is 0 Å². The molecule has 2 unspecified atom stereocenters. The predicted octanol–water partition coefficient (Wildman–Crippen LogP) is 6.02. The summed E-state index contributed by atoms with van der Waals surface area (Å²) in [6.45, 7) is 4.92. The number of hydrogen-bond donors (Lipinski definition) is 2. The second-order valence-corrected chi connectivity index (χ2v) is 9.19. The number of alkyl halides is 1. The van der Waals surface area contributed by atoms with E-state index in [0.29, 0.717) is 18.5 Å². The molecule has 4 rings (SSSR count). The Balaban J connectivity index is 1.94. The summed E-state index contributed by atoms with van der Waals surface area (Å²) in [5.41, 5.74) is 0.879. The summed E-state index contributed by atoms with van der Waals surface area (Å²) in [5, 5.41) is 9.83. The van der Waals surface area contributed by atoms with E-state index in [9.17, 15) is 9.18 Å². The van der Waals surface area contributed by atoms with Crippen LogP contribution in [0, 0.1) is 11.6 Å². The number of nitrogens with one attached hydrogen (secondary N) is 1. The van der Waals surface area contributed by atoms with Gasteiger partial charge in [0, 0.05) is 40.8 Å². The molecule has 1 aliphatic heterocycles. The first-order valence-electron chi connectivity index (χ1n) is 11.0. The summed E-state index contributed by atoms with van der Waals surface area (Å²) < 4.78 is 45.8. The van der Waals surface area contributed by atoms with Crippen LogP contribution in [0.5, 0.6) is 0 Å². The molecule has 4 nitrogen and oxygen atoms in total. The lowest BCUT2D eigenvalue weighted by Gasteiger charge is -2.44. The minimum absolute atomic E-state index is 0.00449. The zero-order chi connectivity index (χ0) is 23.9. The van der Waals surface area contributed by atoms with Gasteiger partial charge in [-0.15, -0.1) is 0 Å². The van der Waals surface area contributed by atoms with Gasteiger partial charge in [-0.2, -0.15) is 0 Å². The van der Waals surface area contributed by atoms with Crippen molar-refractivity contribution >= 4 is 22.9 Å². The first-order valence-corrected chi connectivity index (χ1v) is 11.0. The molecule has 7 heteroatoms. The van der Waals surface area contributed by atoms with Crippen LogP contribution in [0.2, 0.25) is 0 Å². The number of halogens is 3. The predicted molar refractivity (Wildman–Crippen MR) is 123 cm³/mol. The normalized spacial score (nSPS) is 19.3. The first kappa shape index (κ1) is 23.1. The molecule has 0 spiro atoms. The fourth-order valence-corrected chi connectivity index (χ4v) is 4.88. The fraction of sp³-hybridized carbons (Fsp3) is 0.346. The van der Waals surface area contributed by atoms with Gasteiger partial charge < -0.3 is 10.1 Å². The van der Waals surface area contributed by atoms with Crippen LogP contribution >= 0.6 is 0 Å². The Labute approximate surface area is 190 Å². The van der Waals surface area contributed by atoms with E-state index in [2.05, 4.69) is 4.98 Å². The van der Waals surface area contributed by atoms with E-state index in [1.165, 1.54) is 13.8 Å². The van der Waals surface area contributed by atoms with E-state index in [1.807, 2.05) is 36.1 Å². The molecule has 1 aromatic heterocycles. The van der Waals surface area contributed by atoms with Gasteiger partial charge in [-0.05, 0) is 62.1 Å². The van der Waals surface area contributed by atoms with Gasteiger partial charge in [-0.1, -0.05) is 25.1 Å². The first-order chi connectivity index (χ1) is 15.6. The number of carboxylic acid groups (broad SMARTS) is 1. The number of aromatic nitrogens is 1. The van der Waals surface area contributed by atoms with Gasteiger partial charge in [0.1, 0.15) is 17.3 Å². The molecule has 2 aromatic carbocycles. The van der Waals surface area contributed by atoms with Gasteiger partial charge in [0.05, 0.1) is 6.04 Å². The molecule has 174 valence electrons. The zero-order valence-corrected chi connectivity index (χ0v) is 18.8. The fourth-order valence-electron chi connectivity index (χ4n) is 4.88. The summed E-state index contributed by atoms with van der Waals surface area (Å²) in [7, 11) is 0. The highest BCUT2D eigenvalue weighted by Crippen LogP contribution is 2.44. The van der Waals surface area contributed by atoms with Gasteiger partial charge in [0.15, 0.2) is 0 Å². The number of rotatable bonds is 6. The third-order valence-corrected chi connectivity index (χ3v) is 6.18. The highest BCUT2D eigenvalue weighted by atomic mass is 19.1. The van der Waals surface area contributed by atoms with Crippen LogP contribution in [-0.2, 0) is 11.2 Å². The molecule has 0 fully saturated rings. The maximum absolute atomic E-state index is 15.5. The van der Waals surface area contributed by atoms with Crippen molar-refractivity contribution in [2.24, 2.45) is 0 Å². The van der Waals surface area contributed by atoms with E-state index < -0.39 is 29.3 Å². The van der Waals surface area contributed by atoms with Crippen LogP contribution in [-0.4, -0.2) is 39.2 Å². The summed E-state index contributed by atoms with van der Waals surface area (Å²) in [6, 6.07) is 9.00. The van der Waals surface area contributed by atoms with Crippen molar-refractivity contribution in [3.8, 4) is 0 Å². The molecular weight excluding hydrogens is 429 g/mol. The minimum atomic E-state index is -1.58. The SMILES string of the molecule is CCC1Cc2c([nH]c3ccccc23)C(c2c(F)cc(/C=C/C(=O)O)cc2F)N1CC(C)(C)F. The molecule has 2 atom stereocenters. The van der Waals surface area contributed by atoms with E-state index in [-0.39, 0.29) is 23.7 Å². The standard InChI is InChI=1S/C26H27F3N2O2/c1-4-16-13-18-17-7-5-6-8-21(17)30-24(18)25(31(16)14-26(2,3)29)23-19(27)11-15(12-20(23)28)9-10-22(32)33/h5-12,16,25,30H,4,13-14H2,1-3H3,(H,32,33)/b10-9+. The van der Waals surface area contributed by atoms with Gasteiger partial charge in [-0.25, -0.2) is 18.0 Å². The Morgan fingerprint density at radius 1 is 1.24 bits per heavy atom. The highest BCUT2D eigenvalue weighted by molar-refractivity contribution is 5.86. The Morgan fingerprint density at radius 3 is 2.52 bits per heavy atom. The number of H-pyrrole nitrogens is 1. The van der Waals surface area contributed by atoms with Gasteiger partial charge >= 0.3 is 5.97 Å². The van der Waals surface area contributed by atoms with Crippen LogP contribution in [0.15, 0.2) is 42.5 Å². The topological polar surface area (TPSA) is 56.3 Å². The van der Waals surface area contributed by atoms with Crippen molar-refractivity contribution in [1.29, 1.82) is 0 Å². The van der Waals surface area contributed by atoms with Crippen LogP contribution in [0.25, 0.3) is 17.0 Å². The second-order valence-electron chi connectivity index (χ2n) is 9.19. The summed E-state index contributed by atoms with van der Waals surface area (Å²) in [5.74, 6) is -2.81. The van der Waals surface area contributed by atoms with E-state index >= 15 is 8.78 Å². The molecule has 0 aliphatic carbocycles. The number of para-hydroxylation sites is 1. The molecule has 0 bridgehead atoms. The van der Waals surface area contributed by atoms with Crippen molar-refractivity contribution in [2.75, 3.05) is 6.54 Å². The summed E-state index contributed by atoms with van der Waals surface area (Å²) >= 11 is 0. The van der Waals surface area contributed by atoms with E-state index in [1.54, 1.807) is 0 Å². The van der Waals surface area contributed by atoms with E-state index in [0.717, 1.165) is 40.8 Å². The lowest BCUT2D eigenvalue weighted by atomic mass is 9.85. The lowest BCUT2D eigenvalue weighted by Crippen LogP contribution is -2.49. The van der Waals surface area contributed by atoms with Crippen LogP contribution in [0.3, 0.4) is 0 Å². The third kappa shape index (κ3) is 4.55. The number of hydrogen-bond acceptors (Lipinski definition) is 2. The van der Waals surface area contributed by atoms with Crippen molar-refractivity contribution in [1.82, 2.24) is 9.88 Å². The Morgan fingerprint density at radius 2 is 1.91 bits per heavy atom. The molecule has 0 radical (unpaired) electrons. The number of benzene rings is 2. The summed E-state index contributed by atoms with van der Waals surface area (Å²) in [6.07, 6.45) is 3.30. The third-order valence-electron chi connectivity index (χ3n) is 6.18. The van der Waals surface area contributed by atoms with Crippen molar-refractivity contribution < 1.29 is 23.1 Å². The Bertz CT molecular complexity index is 1200. The van der Waals surface area contributed by atoms with Crippen molar-refractivity contribution in [3.05, 3.63) is 76.5 Å².